The summed E-state index contributed by atoms with van der Waals surface area (Å²) < 4.78 is 5.55. The third kappa shape index (κ3) is 7.48. The SMILES string of the molecule is CCOC(C)(C)CN=C(NN)NCC(C)C. The first-order valence-electron chi connectivity index (χ1n) is 5.80. The molecule has 5 heteroatoms. The van der Waals surface area contributed by atoms with Crippen LogP contribution < -0.4 is 16.6 Å². The molecule has 0 saturated heterocycles. The highest BCUT2D eigenvalue weighted by molar-refractivity contribution is 5.79. The zero-order valence-electron chi connectivity index (χ0n) is 11.1. The number of nitrogens with two attached hydrogens (primary N) is 1. The fourth-order valence-corrected chi connectivity index (χ4v) is 1.16. The second kappa shape index (κ2) is 7.46. The Hall–Kier alpha value is -0.810. The monoisotopic (exact) mass is 230 g/mol. The summed E-state index contributed by atoms with van der Waals surface area (Å²) >= 11 is 0. The number of hydrogen-bond donors (Lipinski definition) is 3. The van der Waals surface area contributed by atoms with Crippen molar-refractivity contribution in [2.75, 3.05) is 19.7 Å². The number of rotatable bonds is 6. The van der Waals surface area contributed by atoms with E-state index in [0.717, 1.165) is 6.54 Å². The van der Waals surface area contributed by atoms with E-state index in [0.29, 0.717) is 25.0 Å². The molecule has 0 rings (SSSR count). The summed E-state index contributed by atoms with van der Waals surface area (Å²) in [5.74, 6) is 6.54. The minimum absolute atomic E-state index is 0.254. The fourth-order valence-electron chi connectivity index (χ4n) is 1.16. The minimum Gasteiger partial charge on any atom is -0.374 e. The first-order chi connectivity index (χ1) is 7.41. The molecule has 0 saturated carbocycles. The summed E-state index contributed by atoms with van der Waals surface area (Å²) in [6, 6.07) is 0. The van der Waals surface area contributed by atoms with Crippen molar-refractivity contribution in [3.05, 3.63) is 0 Å². The molecular formula is C11H26N4O. The molecule has 0 fully saturated rings. The highest BCUT2D eigenvalue weighted by atomic mass is 16.5. The van der Waals surface area contributed by atoms with Gasteiger partial charge in [-0.25, -0.2) is 10.8 Å². The van der Waals surface area contributed by atoms with Gasteiger partial charge in [0.15, 0.2) is 0 Å². The van der Waals surface area contributed by atoms with E-state index in [4.69, 9.17) is 10.6 Å². The van der Waals surface area contributed by atoms with Crippen molar-refractivity contribution in [1.82, 2.24) is 10.7 Å². The Kier molecular flexibility index (Phi) is 7.08. The number of aliphatic imine (C=N–C) groups is 1. The molecule has 5 nitrogen and oxygen atoms in total. The predicted octanol–water partition coefficient (Wildman–Crippen LogP) is 0.866. The molecule has 0 unspecified atom stereocenters. The van der Waals surface area contributed by atoms with Crippen LogP contribution in [0.4, 0.5) is 0 Å². The molecule has 0 aliphatic carbocycles. The molecule has 0 aromatic heterocycles. The van der Waals surface area contributed by atoms with Gasteiger partial charge >= 0.3 is 0 Å². The van der Waals surface area contributed by atoms with Gasteiger partial charge in [-0.15, -0.1) is 0 Å². The van der Waals surface area contributed by atoms with Crippen LogP contribution in [0.1, 0.15) is 34.6 Å². The number of hydrazine groups is 1. The van der Waals surface area contributed by atoms with E-state index >= 15 is 0 Å². The molecule has 0 aromatic carbocycles. The fraction of sp³-hybridized carbons (Fsp3) is 0.909. The number of hydrogen-bond acceptors (Lipinski definition) is 3. The molecule has 0 heterocycles. The van der Waals surface area contributed by atoms with E-state index in [1.807, 2.05) is 20.8 Å². The maximum atomic E-state index is 5.55. The summed E-state index contributed by atoms with van der Waals surface area (Å²) in [4.78, 5) is 4.35. The van der Waals surface area contributed by atoms with Gasteiger partial charge in [-0.3, -0.25) is 5.43 Å². The lowest BCUT2D eigenvalue weighted by atomic mass is 10.1. The number of guanidine groups is 1. The smallest absolute Gasteiger partial charge is 0.205 e. The Bertz CT molecular complexity index is 214. The third-order valence-electron chi connectivity index (χ3n) is 1.97. The van der Waals surface area contributed by atoms with Crippen molar-refractivity contribution in [3.8, 4) is 0 Å². The first-order valence-corrected chi connectivity index (χ1v) is 5.80. The molecule has 0 radical (unpaired) electrons. The van der Waals surface area contributed by atoms with Crippen molar-refractivity contribution < 1.29 is 4.74 Å². The van der Waals surface area contributed by atoms with Crippen LogP contribution >= 0.6 is 0 Å². The summed E-state index contributed by atoms with van der Waals surface area (Å²) in [5.41, 5.74) is 2.30. The molecule has 0 spiro atoms. The van der Waals surface area contributed by atoms with Gasteiger partial charge in [0.25, 0.3) is 0 Å². The van der Waals surface area contributed by atoms with Gasteiger partial charge in [-0.1, -0.05) is 13.8 Å². The molecule has 0 aromatic rings. The van der Waals surface area contributed by atoms with Gasteiger partial charge in [0.1, 0.15) is 0 Å². The van der Waals surface area contributed by atoms with Crippen LogP contribution in [-0.4, -0.2) is 31.3 Å². The molecular weight excluding hydrogens is 204 g/mol. The van der Waals surface area contributed by atoms with E-state index < -0.39 is 0 Å². The van der Waals surface area contributed by atoms with E-state index in [1.165, 1.54) is 0 Å². The van der Waals surface area contributed by atoms with Crippen molar-refractivity contribution in [2.45, 2.75) is 40.2 Å². The van der Waals surface area contributed by atoms with Crippen molar-refractivity contribution in [1.29, 1.82) is 0 Å². The van der Waals surface area contributed by atoms with Gasteiger partial charge in [-0.05, 0) is 26.7 Å². The average Bonchev–Trinajstić information content (AvgIpc) is 2.17. The lowest BCUT2D eigenvalue weighted by molar-refractivity contribution is -0.00219. The molecule has 0 aliphatic heterocycles. The summed E-state index contributed by atoms with van der Waals surface area (Å²) in [5, 5.41) is 3.14. The molecule has 0 bridgehead atoms. The molecule has 4 N–H and O–H groups in total. The zero-order chi connectivity index (χ0) is 12.6. The summed E-state index contributed by atoms with van der Waals surface area (Å²) in [6.45, 7) is 12.4. The standard InChI is InChI=1S/C11H26N4O/c1-6-16-11(4,5)8-14-10(15-12)13-7-9(2)3/h9H,6-8,12H2,1-5H3,(H2,13,14,15). The number of nitrogens with zero attached hydrogens (tertiary/aromatic N) is 1. The second-order valence-corrected chi connectivity index (χ2v) is 4.78. The van der Waals surface area contributed by atoms with Gasteiger partial charge in [-0.2, -0.15) is 0 Å². The van der Waals surface area contributed by atoms with Crippen LogP contribution in [0.5, 0.6) is 0 Å². The van der Waals surface area contributed by atoms with Crippen LogP contribution in [-0.2, 0) is 4.74 Å². The van der Waals surface area contributed by atoms with Crippen LogP contribution in [0.2, 0.25) is 0 Å². The van der Waals surface area contributed by atoms with Crippen molar-refractivity contribution >= 4 is 5.96 Å². The summed E-state index contributed by atoms with van der Waals surface area (Å²) in [6.07, 6.45) is 0. The number of nitrogens with one attached hydrogen (secondary N) is 2. The van der Waals surface area contributed by atoms with E-state index in [-0.39, 0.29) is 5.60 Å². The van der Waals surface area contributed by atoms with E-state index in [1.54, 1.807) is 0 Å². The van der Waals surface area contributed by atoms with Gasteiger partial charge in [0.2, 0.25) is 5.96 Å². The van der Waals surface area contributed by atoms with Crippen molar-refractivity contribution in [3.63, 3.8) is 0 Å². The first kappa shape index (κ1) is 15.2. The molecule has 0 aliphatic rings. The van der Waals surface area contributed by atoms with Crippen LogP contribution in [0.3, 0.4) is 0 Å². The van der Waals surface area contributed by atoms with Gasteiger partial charge in [0, 0.05) is 13.2 Å². The molecule has 0 amide bonds. The van der Waals surface area contributed by atoms with Gasteiger partial charge < -0.3 is 10.1 Å². The molecule has 96 valence electrons. The second-order valence-electron chi connectivity index (χ2n) is 4.78. The maximum Gasteiger partial charge on any atom is 0.205 e. The van der Waals surface area contributed by atoms with Crippen LogP contribution in [0.25, 0.3) is 0 Å². The number of ether oxygens (including phenoxy) is 1. The predicted molar refractivity (Wildman–Crippen MR) is 68.2 cm³/mol. The average molecular weight is 230 g/mol. The molecule has 0 atom stereocenters. The minimum atomic E-state index is -0.254. The van der Waals surface area contributed by atoms with E-state index in [9.17, 15) is 0 Å². The van der Waals surface area contributed by atoms with Crippen molar-refractivity contribution in [2.24, 2.45) is 16.8 Å². The third-order valence-corrected chi connectivity index (χ3v) is 1.97. The van der Waals surface area contributed by atoms with Crippen LogP contribution in [0, 0.1) is 5.92 Å². The zero-order valence-corrected chi connectivity index (χ0v) is 11.1. The quantitative estimate of drug-likeness (QED) is 0.274. The van der Waals surface area contributed by atoms with Crippen LogP contribution in [0.15, 0.2) is 4.99 Å². The Labute approximate surface area is 98.8 Å². The highest BCUT2D eigenvalue weighted by Crippen LogP contribution is 2.08. The normalized spacial score (nSPS) is 13.1. The maximum absolute atomic E-state index is 5.55. The van der Waals surface area contributed by atoms with Gasteiger partial charge in [0.05, 0.1) is 12.1 Å². The summed E-state index contributed by atoms with van der Waals surface area (Å²) in [7, 11) is 0. The lowest BCUT2D eigenvalue weighted by Crippen LogP contribution is -2.44. The Balaban J connectivity index is 4.14. The highest BCUT2D eigenvalue weighted by Gasteiger charge is 2.16. The Morgan fingerprint density at radius 1 is 1.44 bits per heavy atom. The Morgan fingerprint density at radius 3 is 2.50 bits per heavy atom. The Morgan fingerprint density at radius 2 is 2.06 bits per heavy atom. The topological polar surface area (TPSA) is 71.7 Å². The molecule has 16 heavy (non-hydrogen) atoms. The van der Waals surface area contributed by atoms with E-state index in [2.05, 4.69) is 29.6 Å². The largest absolute Gasteiger partial charge is 0.374 e. The lowest BCUT2D eigenvalue weighted by Gasteiger charge is -2.23.